The van der Waals surface area contributed by atoms with Crippen LogP contribution in [0.3, 0.4) is 0 Å². The van der Waals surface area contributed by atoms with Gasteiger partial charge in [0.15, 0.2) is 0 Å². The zero-order valence-corrected chi connectivity index (χ0v) is 10.5. The smallest absolute Gasteiger partial charge is 0.308 e. The second kappa shape index (κ2) is 6.54. The molecule has 1 rings (SSSR count). The van der Waals surface area contributed by atoms with Crippen molar-refractivity contribution in [3.05, 3.63) is 34.9 Å². The molecule has 2 nitrogen and oxygen atoms in total. The van der Waals surface area contributed by atoms with Crippen LogP contribution in [-0.2, 0) is 16.0 Å². The molecule has 0 saturated carbocycles. The van der Waals surface area contributed by atoms with E-state index in [2.05, 4.69) is 6.92 Å². The monoisotopic (exact) mass is 240 g/mol. The Morgan fingerprint density at radius 2 is 2.12 bits per heavy atom. The summed E-state index contributed by atoms with van der Waals surface area (Å²) in [5.74, 6) is -0.239. The molecule has 88 valence electrons. The average Bonchev–Trinajstić information content (AvgIpc) is 2.30. The number of rotatable bonds is 5. The van der Waals surface area contributed by atoms with E-state index in [0.29, 0.717) is 11.4 Å². The van der Waals surface area contributed by atoms with Crippen LogP contribution in [0, 0.1) is 5.92 Å². The molecule has 1 aromatic rings. The minimum atomic E-state index is -0.151. The number of hydrogen-bond donors (Lipinski definition) is 0. The van der Waals surface area contributed by atoms with E-state index < -0.39 is 0 Å². The first-order valence-electron chi connectivity index (χ1n) is 5.50. The Morgan fingerprint density at radius 1 is 1.44 bits per heavy atom. The van der Waals surface area contributed by atoms with E-state index in [4.69, 9.17) is 16.3 Å². The quantitative estimate of drug-likeness (QED) is 0.737. The van der Waals surface area contributed by atoms with Gasteiger partial charge in [0.05, 0.1) is 13.0 Å². The molecule has 0 aliphatic rings. The highest BCUT2D eigenvalue weighted by molar-refractivity contribution is 6.31. The van der Waals surface area contributed by atoms with Crippen molar-refractivity contribution in [3.8, 4) is 0 Å². The summed E-state index contributed by atoms with van der Waals surface area (Å²) in [5, 5.41) is 0.715. The third-order valence-corrected chi connectivity index (χ3v) is 2.96. The molecule has 0 N–H and O–H groups in total. The zero-order valence-electron chi connectivity index (χ0n) is 9.70. The van der Waals surface area contributed by atoms with Gasteiger partial charge in [-0.2, -0.15) is 0 Å². The molecule has 0 saturated heterocycles. The van der Waals surface area contributed by atoms with Crippen LogP contribution < -0.4 is 0 Å². The van der Waals surface area contributed by atoms with Gasteiger partial charge in [0, 0.05) is 5.02 Å². The molecule has 1 aromatic carbocycles. The standard InChI is InChI=1S/C13H17ClO2/c1-3-6-11(13(15)16-2)9-10-7-4-5-8-12(10)14/h4-5,7-8,11H,3,6,9H2,1-2H3. The molecular weight excluding hydrogens is 224 g/mol. The van der Waals surface area contributed by atoms with Crippen LogP contribution in [0.4, 0.5) is 0 Å². The van der Waals surface area contributed by atoms with Gasteiger partial charge in [0.25, 0.3) is 0 Å². The van der Waals surface area contributed by atoms with Gasteiger partial charge in [0.1, 0.15) is 0 Å². The molecular formula is C13H17ClO2. The maximum absolute atomic E-state index is 11.6. The molecule has 0 aromatic heterocycles. The molecule has 0 amide bonds. The summed E-state index contributed by atoms with van der Waals surface area (Å²) in [5.41, 5.74) is 1.01. The van der Waals surface area contributed by atoms with Gasteiger partial charge in [-0.25, -0.2) is 0 Å². The van der Waals surface area contributed by atoms with Crippen molar-refractivity contribution in [3.63, 3.8) is 0 Å². The normalized spacial score (nSPS) is 12.2. The fourth-order valence-electron chi connectivity index (χ4n) is 1.75. The van der Waals surface area contributed by atoms with Crippen molar-refractivity contribution >= 4 is 17.6 Å². The predicted molar refractivity (Wildman–Crippen MR) is 65.6 cm³/mol. The third kappa shape index (κ3) is 3.53. The third-order valence-electron chi connectivity index (χ3n) is 2.60. The number of benzene rings is 1. The number of esters is 1. The Morgan fingerprint density at radius 3 is 2.69 bits per heavy atom. The number of carbonyl (C=O) groups is 1. The van der Waals surface area contributed by atoms with Crippen LogP contribution in [-0.4, -0.2) is 13.1 Å². The fraction of sp³-hybridized carbons (Fsp3) is 0.462. The molecule has 1 atom stereocenters. The first-order chi connectivity index (χ1) is 7.69. The lowest BCUT2D eigenvalue weighted by atomic mass is 9.95. The number of carbonyl (C=O) groups excluding carboxylic acids is 1. The van der Waals surface area contributed by atoms with E-state index >= 15 is 0 Å². The van der Waals surface area contributed by atoms with Gasteiger partial charge < -0.3 is 4.74 Å². The lowest BCUT2D eigenvalue weighted by Gasteiger charge is -2.14. The van der Waals surface area contributed by atoms with Gasteiger partial charge in [-0.3, -0.25) is 4.79 Å². The molecule has 3 heteroatoms. The molecule has 0 aliphatic carbocycles. The first kappa shape index (κ1) is 13.0. The topological polar surface area (TPSA) is 26.3 Å². The first-order valence-corrected chi connectivity index (χ1v) is 5.88. The molecule has 0 spiro atoms. The Kier molecular flexibility index (Phi) is 5.33. The SMILES string of the molecule is CCCC(Cc1ccccc1Cl)C(=O)OC. The van der Waals surface area contributed by atoms with Crippen LogP contribution in [0.25, 0.3) is 0 Å². The van der Waals surface area contributed by atoms with Gasteiger partial charge in [0.2, 0.25) is 0 Å². The van der Waals surface area contributed by atoms with Crippen molar-refractivity contribution in [2.75, 3.05) is 7.11 Å². The van der Waals surface area contributed by atoms with Crippen LogP contribution in [0.1, 0.15) is 25.3 Å². The molecule has 0 radical (unpaired) electrons. The van der Waals surface area contributed by atoms with Gasteiger partial charge in [-0.1, -0.05) is 43.1 Å². The number of halogens is 1. The average molecular weight is 241 g/mol. The Balaban J connectivity index is 2.75. The fourth-order valence-corrected chi connectivity index (χ4v) is 1.96. The van der Waals surface area contributed by atoms with Gasteiger partial charge in [-0.05, 0) is 24.5 Å². The summed E-state index contributed by atoms with van der Waals surface area (Å²) in [6, 6.07) is 7.62. The second-order valence-corrected chi connectivity index (χ2v) is 4.21. The van der Waals surface area contributed by atoms with E-state index in [1.807, 2.05) is 24.3 Å². The lowest BCUT2D eigenvalue weighted by Crippen LogP contribution is -2.18. The lowest BCUT2D eigenvalue weighted by molar-refractivity contribution is -0.145. The van der Waals surface area contributed by atoms with Crippen molar-refractivity contribution in [1.82, 2.24) is 0 Å². The Bertz CT molecular complexity index is 350. The maximum Gasteiger partial charge on any atom is 0.308 e. The minimum absolute atomic E-state index is 0.0881. The highest BCUT2D eigenvalue weighted by atomic mass is 35.5. The largest absolute Gasteiger partial charge is 0.469 e. The highest BCUT2D eigenvalue weighted by Crippen LogP contribution is 2.21. The van der Waals surface area contributed by atoms with E-state index in [9.17, 15) is 4.79 Å². The van der Waals surface area contributed by atoms with Gasteiger partial charge >= 0.3 is 5.97 Å². The molecule has 16 heavy (non-hydrogen) atoms. The summed E-state index contributed by atoms with van der Waals surface area (Å²) in [4.78, 5) is 11.6. The summed E-state index contributed by atoms with van der Waals surface area (Å²) >= 11 is 6.06. The maximum atomic E-state index is 11.6. The summed E-state index contributed by atoms with van der Waals surface area (Å²) in [7, 11) is 1.43. The van der Waals surface area contributed by atoms with Crippen LogP contribution in [0.2, 0.25) is 5.02 Å². The highest BCUT2D eigenvalue weighted by Gasteiger charge is 2.19. The molecule has 1 unspecified atom stereocenters. The molecule has 0 fully saturated rings. The summed E-state index contributed by atoms with van der Waals surface area (Å²) < 4.78 is 4.79. The Labute approximate surface area is 102 Å². The summed E-state index contributed by atoms with van der Waals surface area (Å²) in [6.07, 6.45) is 2.45. The minimum Gasteiger partial charge on any atom is -0.469 e. The van der Waals surface area contributed by atoms with E-state index in [1.54, 1.807) is 0 Å². The predicted octanol–water partition coefficient (Wildman–Crippen LogP) is 3.47. The van der Waals surface area contributed by atoms with E-state index in [-0.39, 0.29) is 11.9 Å². The van der Waals surface area contributed by atoms with Crippen LogP contribution in [0.5, 0.6) is 0 Å². The van der Waals surface area contributed by atoms with Gasteiger partial charge in [-0.15, -0.1) is 0 Å². The van der Waals surface area contributed by atoms with Crippen LogP contribution >= 0.6 is 11.6 Å². The van der Waals surface area contributed by atoms with E-state index in [0.717, 1.165) is 18.4 Å². The Hall–Kier alpha value is -1.02. The van der Waals surface area contributed by atoms with Crippen LogP contribution in [0.15, 0.2) is 24.3 Å². The number of methoxy groups -OCH3 is 1. The van der Waals surface area contributed by atoms with E-state index in [1.165, 1.54) is 7.11 Å². The number of hydrogen-bond acceptors (Lipinski definition) is 2. The van der Waals surface area contributed by atoms with Crippen molar-refractivity contribution in [2.24, 2.45) is 5.92 Å². The van der Waals surface area contributed by atoms with Crippen molar-refractivity contribution < 1.29 is 9.53 Å². The van der Waals surface area contributed by atoms with Crippen molar-refractivity contribution in [1.29, 1.82) is 0 Å². The molecule has 0 bridgehead atoms. The summed E-state index contributed by atoms with van der Waals surface area (Å²) in [6.45, 7) is 2.06. The number of ether oxygens (including phenoxy) is 1. The molecule has 0 heterocycles. The van der Waals surface area contributed by atoms with Crippen molar-refractivity contribution in [2.45, 2.75) is 26.2 Å². The zero-order chi connectivity index (χ0) is 12.0. The molecule has 0 aliphatic heterocycles. The second-order valence-electron chi connectivity index (χ2n) is 3.80.